The Bertz CT molecular complexity index is 3960. The van der Waals surface area contributed by atoms with E-state index in [4.69, 9.17) is 47.4 Å². The van der Waals surface area contributed by atoms with Crippen LogP contribution in [0.3, 0.4) is 0 Å². The lowest BCUT2D eigenvalue weighted by Crippen LogP contribution is -2.59. The van der Waals surface area contributed by atoms with Gasteiger partial charge in [-0.3, -0.25) is 62.8 Å². The number of carboxylic acid groups (broad SMARTS) is 1. The summed E-state index contributed by atoms with van der Waals surface area (Å²) in [4.78, 5) is 145. The lowest BCUT2D eigenvalue weighted by atomic mass is 9.87. The van der Waals surface area contributed by atoms with E-state index < -0.39 is 124 Å². The number of esters is 6. The van der Waals surface area contributed by atoms with Gasteiger partial charge >= 0.3 is 41.8 Å². The number of benzene rings is 2. The number of fused-ring (bicyclic) bond motifs is 2. The Morgan fingerprint density at radius 1 is 0.578 bits per heavy atom. The van der Waals surface area contributed by atoms with Gasteiger partial charge in [-0.1, -0.05) is 82.3 Å². The largest absolute Gasteiger partial charge is 0.480 e. The predicted octanol–water partition coefficient (Wildman–Crippen LogP) is 8.66. The molecule has 0 unspecified atom stereocenters. The van der Waals surface area contributed by atoms with Gasteiger partial charge in [-0.15, -0.1) is 0 Å². The van der Waals surface area contributed by atoms with E-state index in [9.17, 15) is 57.8 Å². The minimum Gasteiger partial charge on any atom is -0.480 e. The molecule has 4 aromatic rings. The van der Waals surface area contributed by atoms with E-state index in [2.05, 4.69) is 31.5 Å². The summed E-state index contributed by atoms with van der Waals surface area (Å²) in [6.45, 7) is 29.9. The van der Waals surface area contributed by atoms with Gasteiger partial charge in [-0.2, -0.15) is 0 Å². The van der Waals surface area contributed by atoms with Crippen LogP contribution in [-0.4, -0.2) is 191 Å². The highest BCUT2D eigenvalue weighted by Gasteiger charge is 2.46. The fraction of sp³-hybridized carbons (Fsp3) is 0.582. The van der Waals surface area contributed by atoms with Crippen LogP contribution in [0.2, 0.25) is 0 Å². The molecule has 4 amide bonds. The van der Waals surface area contributed by atoms with Gasteiger partial charge in [0.05, 0.1) is 87.7 Å². The molecule has 109 heavy (non-hydrogen) atoms. The molecule has 0 saturated carbocycles. The summed E-state index contributed by atoms with van der Waals surface area (Å²) in [5, 5.41) is 19.6. The van der Waals surface area contributed by atoms with Crippen LogP contribution in [-0.2, 0) is 100 Å². The Morgan fingerprint density at radius 2 is 0.963 bits per heavy atom. The lowest BCUT2D eigenvalue weighted by molar-refractivity contribution is -0.293. The Hall–Kier alpha value is -9.33. The number of aromatic nitrogens is 2. The molecule has 8 atom stereocenters. The number of carbonyl (C=O) groups excluding carboxylic acids is 10. The zero-order valence-corrected chi connectivity index (χ0v) is 66.2. The zero-order valence-electron chi connectivity index (χ0n) is 66.2. The van der Waals surface area contributed by atoms with Crippen molar-refractivity contribution >= 4 is 99.4 Å². The summed E-state index contributed by atoms with van der Waals surface area (Å²) in [6, 6.07) is 15.8. The van der Waals surface area contributed by atoms with Gasteiger partial charge in [0.2, 0.25) is 11.8 Å². The van der Waals surface area contributed by atoms with E-state index in [0.717, 1.165) is 27.4 Å². The number of hydrogen-bond acceptors (Lipinski definition) is 25. The first kappa shape index (κ1) is 88.6. The zero-order chi connectivity index (χ0) is 81.1. The number of aliphatic carboxylic acids is 1. The van der Waals surface area contributed by atoms with Crippen LogP contribution in [0, 0.1) is 29.1 Å². The molecule has 30 heteroatoms. The van der Waals surface area contributed by atoms with Crippen molar-refractivity contribution in [2.75, 3.05) is 53.7 Å². The van der Waals surface area contributed by atoms with E-state index in [1.807, 2.05) is 88.4 Å². The minimum absolute atomic E-state index is 0.0115. The average Bonchev–Trinajstić information content (AvgIpc) is 0.806. The van der Waals surface area contributed by atoms with Gasteiger partial charge in [0.15, 0.2) is 17.2 Å². The molecular formula is C79H110N8O22. The SMILES string of the molecule is CC(=O)O[C@H](C)c1ccc2ccc(/C=C/C3(C(=O)O)COC(C)(C)OC3)cc2n1.COC(=O)[C@@H]1CCCN(C(=O)[C@H](C)NC(=O)[C@@H](CC(=O)OC(C)(C)C)C(C)C)N1.COC(=O)[C@@H]1CCCN(C(=O)[C@H](C)NC(=O)[C@@H](CC(=O)OC2(/C=C/c3ccc4ccc([C@@H](C)OC(C)=O)nc4c3)COC(C)(C)OC2)C(C)C)N1. The quantitative estimate of drug-likeness (QED) is 0.0323. The lowest BCUT2D eigenvalue weighted by Gasteiger charge is -2.41. The number of carboxylic acids is 1. The fourth-order valence-electron chi connectivity index (χ4n) is 11.9. The number of methoxy groups -OCH3 is 2. The number of amides is 4. The molecule has 0 spiro atoms. The summed E-state index contributed by atoms with van der Waals surface area (Å²) >= 11 is 0. The van der Waals surface area contributed by atoms with Crippen molar-refractivity contribution < 1.29 is 105 Å². The number of rotatable bonds is 24. The number of hydrogen-bond donors (Lipinski definition) is 5. The van der Waals surface area contributed by atoms with Crippen molar-refractivity contribution in [3.05, 3.63) is 95.3 Å². The van der Waals surface area contributed by atoms with Crippen LogP contribution >= 0.6 is 0 Å². The normalized spacial score (nSPS) is 19.8. The number of hydrazine groups is 2. The Morgan fingerprint density at radius 3 is 1.34 bits per heavy atom. The minimum atomic E-state index is -1.29. The smallest absolute Gasteiger partial charge is 0.324 e. The first-order valence-electron chi connectivity index (χ1n) is 36.7. The van der Waals surface area contributed by atoms with Crippen LogP contribution in [0.4, 0.5) is 0 Å². The highest BCUT2D eigenvalue weighted by molar-refractivity contribution is 5.92. The van der Waals surface area contributed by atoms with E-state index in [1.165, 1.54) is 38.1 Å². The van der Waals surface area contributed by atoms with Crippen molar-refractivity contribution in [1.82, 2.24) is 41.5 Å². The predicted molar refractivity (Wildman–Crippen MR) is 399 cm³/mol. The number of nitrogens with one attached hydrogen (secondary N) is 4. The standard InChI is InChI=1S/C37H50N4O10.C22H25NO6.C20H35N3O6/c1-22(2)28(33(44)38-23(3)34(45)41-17-9-10-30(40-41)35(46)47-8)19-32(43)51-37(20-48-36(6,7)49-21-37)16-15-26-11-12-27-13-14-29(39-31(27)18-26)24(4)50-25(5)42;1-14(29-15(2)24)18-8-7-17-6-5-16(11-19(17)23-18)9-10-22(20(25)26)12-27-21(3,4)28-13-22;1-12(2)14(11-16(24)29-20(4,5)6)17(25)21-13(3)18(26)23-10-8-9-15(22-23)19(27)28-7/h11-16,18,22-24,28,30,40H,9-10,17,19-21H2,1-8H3,(H,38,44);5-11,14H,12-13H2,1-4H3,(H,25,26);12-15,22H,8-11H2,1-7H3,(H,21,25)/b16-15+;10-9+;/t23-,24+,28-,30-;14-;13-,14-,15-/m010/s1. The van der Waals surface area contributed by atoms with Gasteiger partial charge in [0.1, 0.15) is 47.4 Å². The second-order valence-electron chi connectivity index (χ2n) is 30.3. The third-order valence-corrected chi connectivity index (χ3v) is 18.4. The maximum Gasteiger partial charge on any atom is 0.324 e. The van der Waals surface area contributed by atoms with E-state index in [-0.39, 0.29) is 68.9 Å². The molecule has 2 aromatic carbocycles. The number of pyridine rings is 2. The molecule has 0 radical (unpaired) electrons. The third-order valence-electron chi connectivity index (χ3n) is 18.4. The number of ether oxygens (including phenoxy) is 10. The van der Waals surface area contributed by atoms with Gasteiger partial charge in [-0.05, 0) is 155 Å². The van der Waals surface area contributed by atoms with Crippen LogP contribution in [0.15, 0.2) is 72.8 Å². The fourth-order valence-corrected chi connectivity index (χ4v) is 11.9. The molecule has 0 aliphatic carbocycles. The molecule has 4 aliphatic heterocycles. The monoisotopic (exact) mass is 1520 g/mol. The van der Waals surface area contributed by atoms with E-state index >= 15 is 0 Å². The molecule has 4 aliphatic rings. The molecule has 8 rings (SSSR count). The van der Waals surface area contributed by atoms with E-state index in [1.54, 1.807) is 100 Å². The van der Waals surface area contributed by atoms with Crippen molar-refractivity contribution in [2.24, 2.45) is 29.1 Å². The molecule has 5 N–H and O–H groups in total. The summed E-state index contributed by atoms with van der Waals surface area (Å²) in [5.41, 5.74) is 6.80. The first-order valence-corrected chi connectivity index (χ1v) is 36.7. The van der Waals surface area contributed by atoms with Crippen LogP contribution < -0.4 is 21.5 Å². The molecule has 4 saturated heterocycles. The molecule has 6 heterocycles. The summed E-state index contributed by atoms with van der Waals surface area (Å²) in [6.07, 6.45) is 7.91. The van der Waals surface area contributed by atoms with Gasteiger partial charge in [-0.25, -0.2) is 20.8 Å². The molecular weight excluding hydrogens is 1410 g/mol. The second-order valence-corrected chi connectivity index (χ2v) is 30.3. The maximum absolute atomic E-state index is 13.5. The second kappa shape index (κ2) is 38.8. The summed E-state index contributed by atoms with van der Waals surface area (Å²) < 4.78 is 54.3. The Balaban J connectivity index is 0.000000274. The van der Waals surface area contributed by atoms with Crippen LogP contribution in [0.1, 0.15) is 191 Å². The van der Waals surface area contributed by atoms with Crippen molar-refractivity contribution in [2.45, 2.75) is 215 Å². The molecule has 0 bridgehead atoms. The van der Waals surface area contributed by atoms with E-state index in [0.29, 0.717) is 55.7 Å². The number of nitrogens with zero attached hydrogens (tertiary/aromatic N) is 4. The van der Waals surface area contributed by atoms with Gasteiger partial charge in [0.25, 0.3) is 11.8 Å². The van der Waals surface area contributed by atoms with Crippen molar-refractivity contribution in [1.29, 1.82) is 0 Å². The Labute approximate surface area is 637 Å². The first-order chi connectivity index (χ1) is 51.0. The van der Waals surface area contributed by atoms with Crippen LogP contribution in [0.25, 0.3) is 34.0 Å². The molecule has 2 aromatic heterocycles. The highest BCUT2D eigenvalue weighted by atomic mass is 16.7. The van der Waals surface area contributed by atoms with Crippen molar-refractivity contribution in [3.8, 4) is 0 Å². The molecule has 4 fully saturated rings. The number of carbonyl (C=O) groups is 11. The van der Waals surface area contributed by atoms with Crippen LogP contribution in [0.5, 0.6) is 0 Å². The summed E-state index contributed by atoms with van der Waals surface area (Å²) in [7, 11) is 2.58. The topological polar surface area (TPSA) is 381 Å². The average molecular weight is 1520 g/mol. The molecule has 598 valence electrons. The summed E-state index contributed by atoms with van der Waals surface area (Å²) in [5.74, 6) is -8.86. The highest BCUT2D eigenvalue weighted by Crippen LogP contribution is 2.34. The Kier molecular flexibility index (Phi) is 31.6. The van der Waals surface area contributed by atoms with Gasteiger partial charge < -0.3 is 63.1 Å². The van der Waals surface area contributed by atoms with Gasteiger partial charge in [0, 0.05) is 37.7 Å². The third kappa shape index (κ3) is 26.5. The van der Waals surface area contributed by atoms with Crippen molar-refractivity contribution in [3.63, 3.8) is 0 Å². The maximum atomic E-state index is 13.5. The molecule has 30 nitrogen and oxygen atoms in total.